The Morgan fingerprint density at radius 2 is 2.30 bits per heavy atom. The molecule has 0 saturated carbocycles. The van der Waals surface area contributed by atoms with Crippen molar-refractivity contribution in [2.75, 3.05) is 18.3 Å². The van der Waals surface area contributed by atoms with Crippen LogP contribution in [0.3, 0.4) is 0 Å². The van der Waals surface area contributed by atoms with E-state index in [1.54, 1.807) is 19.2 Å². The smallest absolute Gasteiger partial charge is 0.343 e. The number of hydrogen-bond acceptors (Lipinski definition) is 7. The van der Waals surface area contributed by atoms with Gasteiger partial charge >= 0.3 is 5.97 Å². The third-order valence-corrected chi connectivity index (χ3v) is 4.33. The molecule has 3 aromatic rings. The van der Waals surface area contributed by atoms with Crippen LogP contribution in [0.1, 0.15) is 35.3 Å². The quantitative estimate of drug-likeness (QED) is 0.704. The van der Waals surface area contributed by atoms with Gasteiger partial charge in [-0.25, -0.2) is 23.7 Å². The highest BCUT2D eigenvalue weighted by molar-refractivity contribution is 5.95. The number of carbonyl (C=O) groups is 1. The first-order valence-electron chi connectivity index (χ1n) is 8.50. The van der Waals surface area contributed by atoms with E-state index in [4.69, 9.17) is 9.57 Å². The standard InChI is InChI=1S/C18H17FN4O4/c1-2-26-18(25)13-10-20-22-7-5-16(21-17(13)22)23-14(6-8-27-23)12-9-11(19)3-4-15(12)24/h3-5,7,9-10,14,24H,2,6,8H2,1H3. The molecule has 9 heteroatoms. The highest BCUT2D eigenvalue weighted by atomic mass is 19.1. The van der Waals surface area contributed by atoms with Crippen LogP contribution >= 0.6 is 0 Å². The van der Waals surface area contributed by atoms with Crippen LogP contribution in [0.5, 0.6) is 5.75 Å². The second-order valence-corrected chi connectivity index (χ2v) is 6.00. The predicted molar refractivity (Wildman–Crippen MR) is 92.8 cm³/mol. The lowest BCUT2D eigenvalue weighted by Gasteiger charge is -2.24. The summed E-state index contributed by atoms with van der Waals surface area (Å²) >= 11 is 0. The molecule has 0 radical (unpaired) electrons. The molecule has 1 saturated heterocycles. The first-order valence-corrected chi connectivity index (χ1v) is 8.50. The van der Waals surface area contributed by atoms with E-state index in [9.17, 15) is 14.3 Å². The third kappa shape index (κ3) is 3.06. The van der Waals surface area contributed by atoms with Crippen LogP contribution in [0.15, 0.2) is 36.7 Å². The van der Waals surface area contributed by atoms with E-state index in [0.717, 1.165) is 0 Å². The van der Waals surface area contributed by atoms with E-state index in [1.807, 2.05) is 0 Å². The van der Waals surface area contributed by atoms with E-state index in [1.165, 1.54) is 34.0 Å². The molecular formula is C18H17FN4O4. The number of aromatic hydroxyl groups is 1. The van der Waals surface area contributed by atoms with Crippen molar-refractivity contribution in [2.24, 2.45) is 0 Å². The van der Waals surface area contributed by atoms with E-state index in [2.05, 4.69) is 10.1 Å². The average Bonchev–Trinajstić information content (AvgIpc) is 3.30. The lowest BCUT2D eigenvalue weighted by atomic mass is 10.0. The number of phenolic OH excluding ortho intramolecular Hbond substituents is 1. The van der Waals surface area contributed by atoms with Gasteiger partial charge in [0.05, 0.1) is 25.5 Å². The maximum Gasteiger partial charge on any atom is 0.343 e. The zero-order chi connectivity index (χ0) is 19.0. The number of ether oxygens (including phenoxy) is 1. The zero-order valence-corrected chi connectivity index (χ0v) is 14.5. The van der Waals surface area contributed by atoms with Gasteiger partial charge in [-0.2, -0.15) is 5.10 Å². The number of nitrogens with zero attached hydrogens (tertiary/aromatic N) is 4. The number of fused-ring (bicyclic) bond motifs is 1. The van der Waals surface area contributed by atoms with Gasteiger partial charge in [-0.15, -0.1) is 0 Å². The Hall–Kier alpha value is -3.20. The van der Waals surface area contributed by atoms with Crippen molar-refractivity contribution in [1.29, 1.82) is 0 Å². The Morgan fingerprint density at radius 1 is 1.44 bits per heavy atom. The first-order chi connectivity index (χ1) is 13.1. The number of esters is 1. The summed E-state index contributed by atoms with van der Waals surface area (Å²) in [6.07, 6.45) is 3.59. The lowest BCUT2D eigenvalue weighted by Crippen LogP contribution is -2.23. The summed E-state index contributed by atoms with van der Waals surface area (Å²) in [5, 5.41) is 15.7. The summed E-state index contributed by atoms with van der Waals surface area (Å²) in [4.78, 5) is 22.2. The van der Waals surface area contributed by atoms with Crippen molar-refractivity contribution >= 4 is 17.4 Å². The van der Waals surface area contributed by atoms with Gasteiger partial charge in [0.2, 0.25) is 0 Å². The monoisotopic (exact) mass is 372 g/mol. The molecule has 0 spiro atoms. The minimum Gasteiger partial charge on any atom is -0.508 e. The van der Waals surface area contributed by atoms with E-state index in [0.29, 0.717) is 30.1 Å². The Balaban J connectivity index is 1.73. The van der Waals surface area contributed by atoms with Crippen molar-refractivity contribution in [3.63, 3.8) is 0 Å². The fourth-order valence-corrected chi connectivity index (χ4v) is 3.10. The SMILES string of the molecule is CCOC(=O)c1cnn2ccc(N3OCCC3c3cc(F)ccc3O)nc12. The highest BCUT2D eigenvalue weighted by Crippen LogP contribution is 2.38. The minimum atomic E-state index is -0.515. The number of anilines is 1. The Bertz CT molecular complexity index is 1010. The molecule has 1 aromatic carbocycles. The van der Waals surface area contributed by atoms with E-state index in [-0.39, 0.29) is 17.9 Å². The zero-order valence-electron chi connectivity index (χ0n) is 14.5. The molecule has 0 bridgehead atoms. The highest BCUT2D eigenvalue weighted by Gasteiger charge is 2.31. The van der Waals surface area contributed by atoms with Crippen LogP contribution in [-0.4, -0.2) is 38.9 Å². The number of hydrogen-bond donors (Lipinski definition) is 1. The number of phenols is 1. The molecule has 1 fully saturated rings. The maximum atomic E-state index is 13.7. The molecule has 4 rings (SSSR count). The van der Waals surface area contributed by atoms with Crippen LogP contribution in [0, 0.1) is 5.82 Å². The summed E-state index contributed by atoms with van der Waals surface area (Å²) in [6.45, 7) is 2.35. The van der Waals surface area contributed by atoms with Crippen LogP contribution in [0.4, 0.5) is 10.2 Å². The lowest BCUT2D eigenvalue weighted by molar-refractivity contribution is 0.0528. The number of halogens is 1. The summed E-state index contributed by atoms with van der Waals surface area (Å²) in [7, 11) is 0. The molecule has 8 nitrogen and oxygen atoms in total. The van der Waals surface area contributed by atoms with Crippen molar-refractivity contribution in [3.8, 4) is 5.75 Å². The average molecular weight is 372 g/mol. The molecule has 0 amide bonds. The predicted octanol–water partition coefficient (Wildman–Crippen LogP) is 2.63. The van der Waals surface area contributed by atoms with Crippen molar-refractivity contribution in [1.82, 2.24) is 14.6 Å². The molecule has 3 heterocycles. The van der Waals surface area contributed by atoms with Gasteiger partial charge in [0.1, 0.15) is 17.1 Å². The van der Waals surface area contributed by atoms with E-state index >= 15 is 0 Å². The topological polar surface area (TPSA) is 89.2 Å². The normalized spacial score (nSPS) is 16.8. The van der Waals surface area contributed by atoms with Crippen molar-refractivity contribution in [3.05, 3.63) is 53.6 Å². The van der Waals surface area contributed by atoms with Gasteiger partial charge in [0.25, 0.3) is 0 Å². The summed E-state index contributed by atoms with van der Waals surface area (Å²) in [5.41, 5.74) is 0.972. The van der Waals surface area contributed by atoms with Gasteiger partial charge in [0, 0.05) is 24.2 Å². The Kier molecular flexibility index (Phi) is 4.36. The van der Waals surface area contributed by atoms with Crippen LogP contribution in [0.2, 0.25) is 0 Å². The number of rotatable bonds is 4. The minimum absolute atomic E-state index is 0.0189. The second kappa shape index (κ2) is 6.84. The summed E-state index contributed by atoms with van der Waals surface area (Å²) < 4.78 is 20.1. The molecule has 2 aromatic heterocycles. The Morgan fingerprint density at radius 3 is 3.11 bits per heavy atom. The van der Waals surface area contributed by atoms with Gasteiger partial charge in [-0.3, -0.25) is 4.84 Å². The number of hydroxylamine groups is 1. The summed E-state index contributed by atoms with van der Waals surface area (Å²) in [5.74, 6) is -0.563. The molecule has 1 aliphatic heterocycles. The van der Waals surface area contributed by atoms with Gasteiger partial charge in [-0.05, 0) is 25.1 Å². The van der Waals surface area contributed by atoms with Crippen molar-refractivity contribution in [2.45, 2.75) is 19.4 Å². The van der Waals surface area contributed by atoms with Gasteiger partial charge in [0.15, 0.2) is 11.5 Å². The fraction of sp³-hybridized carbons (Fsp3) is 0.278. The third-order valence-electron chi connectivity index (χ3n) is 4.33. The van der Waals surface area contributed by atoms with Crippen LogP contribution in [-0.2, 0) is 9.57 Å². The maximum absolute atomic E-state index is 13.7. The molecule has 140 valence electrons. The molecule has 1 atom stereocenters. The molecule has 1 N–H and O–H groups in total. The van der Waals surface area contributed by atoms with E-state index < -0.39 is 17.8 Å². The number of aromatic nitrogens is 3. The summed E-state index contributed by atoms with van der Waals surface area (Å²) in [6, 6.07) is 5.05. The second-order valence-electron chi connectivity index (χ2n) is 6.00. The first kappa shape index (κ1) is 17.2. The molecular weight excluding hydrogens is 355 g/mol. The largest absolute Gasteiger partial charge is 0.508 e. The number of carbonyl (C=O) groups excluding carboxylic acids is 1. The van der Waals surface area contributed by atoms with Crippen molar-refractivity contribution < 1.29 is 23.9 Å². The Labute approximate surface area is 153 Å². The van der Waals surface area contributed by atoms with Gasteiger partial charge < -0.3 is 9.84 Å². The molecule has 27 heavy (non-hydrogen) atoms. The fourth-order valence-electron chi connectivity index (χ4n) is 3.10. The van der Waals surface area contributed by atoms with Crippen LogP contribution in [0.25, 0.3) is 5.65 Å². The van der Waals surface area contributed by atoms with Gasteiger partial charge in [-0.1, -0.05) is 0 Å². The van der Waals surface area contributed by atoms with Crippen LogP contribution < -0.4 is 5.06 Å². The molecule has 1 unspecified atom stereocenters. The number of benzene rings is 1. The molecule has 1 aliphatic rings. The molecule has 0 aliphatic carbocycles.